The number of halogens is 1. The van der Waals surface area contributed by atoms with Crippen molar-refractivity contribution in [2.24, 2.45) is 0 Å². The van der Waals surface area contributed by atoms with Crippen molar-refractivity contribution in [1.82, 2.24) is 5.32 Å². The van der Waals surface area contributed by atoms with Crippen molar-refractivity contribution >= 4 is 22.4 Å². The van der Waals surface area contributed by atoms with Gasteiger partial charge in [-0.05, 0) is 35.4 Å². The smallest absolute Gasteiger partial charge is 0.0235 e. The Kier molecular flexibility index (Phi) is 4.20. The van der Waals surface area contributed by atoms with Crippen LogP contribution in [0.25, 0.3) is 10.8 Å². The first-order valence-electron chi connectivity index (χ1n) is 5.64. The van der Waals surface area contributed by atoms with E-state index in [-0.39, 0.29) is 0 Å². The maximum absolute atomic E-state index is 5.62. The average molecular weight is 234 g/mol. The summed E-state index contributed by atoms with van der Waals surface area (Å²) in [6, 6.07) is 15.0. The molecule has 0 amide bonds. The molecule has 16 heavy (non-hydrogen) atoms. The van der Waals surface area contributed by atoms with Crippen LogP contribution in [0.3, 0.4) is 0 Å². The summed E-state index contributed by atoms with van der Waals surface area (Å²) in [6.07, 6.45) is 1.02. The minimum Gasteiger partial charge on any atom is -0.313 e. The molecule has 0 aliphatic heterocycles. The third-order valence-electron chi connectivity index (χ3n) is 2.63. The van der Waals surface area contributed by atoms with Crippen molar-refractivity contribution in [3.63, 3.8) is 0 Å². The Labute approximate surface area is 101 Å². The van der Waals surface area contributed by atoms with Crippen LogP contribution in [-0.2, 0) is 6.54 Å². The van der Waals surface area contributed by atoms with Gasteiger partial charge in [0.15, 0.2) is 0 Å². The fourth-order valence-electron chi connectivity index (χ4n) is 1.77. The average Bonchev–Trinajstić information content (AvgIpc) is 2.34. The quantitative estimate of drug-likeness (QED) is 0.615. The molecule has 0 atom stereocenters. The maximum atomic E-state index is 5.62. The van der Waals surface area contributed by atoms with E-state index in [9.17, 15) is 0 Å². The third-order valence-corrected chi connectivity index (χ3v) is 2.90. The molecular weight excluding hydrogens is 218 g/mol. The van der Waals surface area contributed by atoms with Crippen LogP contribution in [-0.4, -0.2) is 12.4 Å². The number of rotatable bonds is 5. The van der Waals surface area contributed by atoms with Gasteiger partial charge < -0.3 is 5.32 Å². The summed E-state index contributed by atoms with van der Waals surface area (Å²) in [6.45, 7) is 1.90. The van der Waals surface area contributed by atoms with Crippen molar-refractivity contribution in [2.75, 3.05) is 12.4 Å². The van der Waals surface area contributed by atoms with E-state index in [1.807, 2.05) is 0 Å². The van der Waals surface area contributed by atoms with Gasteiger partial charge in [-0.2, -0.15) is 0 Å². The molecule has 1 N–H and O–H groups in total. The zero-order valence-corrected chi connectivity index (χ0v) is 10.0. The highest BCUT2D eigenvalue weighted by molar-refractivity contribution is 6.17. The van der Waals surface area contributed by atoms with E-state index < -0.39 is 0 Å². The Bertz CT molecular complexity index is 453. The van der Waals surface area contributed by atoms with E-state index in [0.29, 0.717) is 0 Å². The standard InChI is InChI=1S/C14H16ClN/c15-8-3-9-16-11-12-6-7-13-4-1-2-5-14(13)10-12/h1-2,4-7,10,16H,3,8-9,11H2. The number of hydrogen-bond donors (Lipinski definition) is 1. The molecule has 0 fully saturated rings. The molecule has 0 heterocycles. The molecule has 2 rings (SSSR count). The second-order valence-corrected chi connectivity index (χ2v) is 4.28. The lowest BCUT2D eigenvalue weighted by Gasteiger charge is -2.05. The van der Waals surface area contributed by atoms with Crippen LogP contribution < -0.4 is 5.32 Å². The Hall–Kier alpha value is -1.05. The fourth-order valence-corrected chi connectivity index (χ4v) is 1.91. The van der Waals surface area contributed by atoms with Crippen LogP contribution in [0.15, 0.2) is 42.5 Å². The zero-order valence-electron chi connectivity index (χ0n) is 9.25. The van der Waals surface area contributed by atoms with E-state index in [1.165, 1.54) is 16.3 Å². The number of benzene rings is 2. The van der Waals surface area contributed by atoms with Crippen molar-refractivity contribution < 1.29 is 0 Å². The number of alkyl halides is 1. The van der Waals surface area contributed by atoms with E-state index in [1.54, 1.807) is 0 Å². The predicted molar refractivity (Wildman–Crippen MR) is 71.0 cm³/mol. The lowest BCUT2D eigenvalue weighted by atomic mass is 10.1. The molecule has 0 unspecified atom stereocenters. The molecule has 0 aliphatic rings. The first-order valence-corrected chi connectivity index (χ1v) is 6.18. The zero-order chi connectivity index (χ0) is 11.2. The second kappa shape index (κ2) is 5.88. The molecule has 2 aromatic rings. The summed E-state index contributed by atoms with van der Waals surface area (Å²) in [5, 5.41) is 5.99. The van der Waals surface area contributed by atoms with Crippen molar-refractivity contribution in [1.29, 1.82) is 0 Å². The van der Waals surface area contributed by atoms with Gasteiger partial charge in [0.05, 0.1) is 0 Å². The van der Waals surface area contributed by atoms with E-state index in [0.717, 1.165) is 25.4 Å². The number of nitrogens with one attached hydrogen (secondary N) is 1. The highest BCUT2D eigenvalue weighted by atomic mass is 35.5. The van der Waals surface area contributed by atoms with Gasteiger partial charge in [-0.3, -0.25) is 0 Å². The molecule has 0 spiro atoms. The molecule has 0 aromatic heterocycles. The summed E-state index contributed by atoms with van der Waals surface area (Å²) in [7, 11) is 0. The van der Waals surface area contributed by atoms with Gasteiger partial charge >= 0.3 is 0 Å². The molecule has 0 saturated carbocycles. The van der Waals surface area contributed by atoms with Gasteiger partial charge in [0.25, 0.3) is 0 Å². The first-order chi connectivity index (χ1) is 7.90. The molecule has 0 radical (unpaired) electrons. The van der Waals surface area contributed by atoms with Crippen molar-refractivity contribution in [3.05, 3.63) is 48.0 Å². The van der Waals surface area contributed by atoms with Crippen LogP contribution in [0.1, 0.15) is 12.0 Å². The van der Waals surface area contributed by atoms with Crippen molar-refractivity contribution in [3.8, 4) is 0 Å². The summed E-state index contributed by atoms with van der Waals surface area (Å²) in [4.78, 5) is 0. The topological polar surface area (TPSA) is 12.0 Å². The van der Waals surface area contributed by atoms with Crippen LogP contribution in [0.2, 0.25) is 0 Å². The molecule has 0 aliphatic carbocycles. The Morgan fingerprint density at radius 3 is 2.62 bits per heavy atom. The molecule has 2 aromatic carbocycles. The lowest BCUT2D eigenvalue weighted by molar-refractivity contribution is 0.678. The van der Waals surface area contributed by atoms with E-state index >= 15 is 0 Å². The SMILES string of the molecule is ClCCCNCc1ccc2ccccc2c1. The Morgan fingerprint density at radius 2 is 1.81 bits per heavy atom. The van der Waals surface area contributed by atoms with Gasteiger partial charge in [-0.15, -0.1) is 11.6 Å². The Morgan fingerprint density at radius 1 is 1.00 bits per heavy atom. The molecule has 0 bridgehead atoms. The summed E-state index contributed by atoms with van der Waals surface area (Å²) < 4.78 is 0. The molecule has 84 valence electrons. The maximum Gasteiger partial charge on any atom is 0.0235 e. The Balaban J connectivity index is 2.02. The molecule has 2 heteroatoms. The third kappa shape index (κ3) is 2.97. The minimum absolute atomic E-state index is 0.727. The molecule has 1 nitrogen and oxygen atoms in total. The summed E-state index contributed by atoms with van der Waals surface area (Å²) >= 11 is 5.62. The first kappa shape index (κ1) is 11.4. The van der Waals surface area contributed by atoms with Crippen LogP contribution >= 0.6 is 11.6 Å². The normalized spacial score (nSPS) is 10.8. The van der Waals surface area contributed by atoms with Gasteiger partial charge in [0, 0.05) is 12.4 Å². The van der Waals surface area contributed by atoms with Gasteiger partial charge in [-0.25, -0.2) is 0 Å². The van der Waals surface area contributed by atoms with Crippen LogP contribution in [0, 0.1) is 0 Å². The highest BCUT2D eigenvalue weighted by Crippen LogP contribution is 2.15. The second-order valence-electron chi connectivity index (χ2n) is 3.90. The van der Waals surface area contributed by atoms with Gasteiger partial charge in [0.2, 0.25) is 0 Å². The highest BCUT2D eigenvalue weighted by Gasteiger charge is 1.95. The van der Waals surface area contributed by atoms with Gasteiger partial charge in [-0.1, -0.05) is 36.4 Å². The predicted octanol–water partition coefficient (Wildman–Crippen LogP) is 3.56. The monoisotopic (exact) mass is 233 g/mol. The summed E-state index contributed by atoms with van der Waals surface area (Å²) in [5.74, 6) is 0.727. The van der Waals surface area contributed by atoms with Crippen LogP contribution in [0.4, 0.5) is 0 Å². The fraction of sp³-hybridized carbons (Fsp3) is 0.286. The molecular formula is C14H16ClN. The van der Waals surface area contributed by atoms with Crippen LogP contribution in [0.5, 0.6) is 0 Å². The number of hydrogen-bond acceptors (Lipinski definition) is 1. The largest absolute Gasteiger partial charge is 0.313 e. The van der Waals surface area contributed by atoms with Gasteiger partial charge in [0.1, 0.15) is 0 Å². The summed E-state index contributed by atoms with van der Waals surface area (Å²) in [5.41, 5.74) is 1.33. The van der Waals surface area contributed by atoms with E-state index in [2.05, 4.69) is 47.8 Å². The van der Waals surface area contributed by atoms with E-state index in [4.69, 9.17) is 11.6 Å². The lowest BCUT2D eigenvalue weighted by Crippen LogP contribution is -2.14. The molecule has 0 saturated heterocycles. The number of fused-ring (bicyclic) bond motifs is 1. The minimum atomic E-state index is 0.727. The van der Waals surface area contributed by atoms with Crippen molar-refractivity contribution in [2.45, 2.75) is 13.0 Å².